The maximum atomic E-state index is 10.9. The molecule has 102 valence electrons. The Bertz CT molecular complexity index is 361. The molecule has 1 saturated heterocycles. The molecule has 0 aromatic carbocycles. The third-order valence-electron chi connectivity index (χ3n) is 5.31. The minimum Gasteiger partial charge on any atom is -0.392 e. The molecule has 6 atom stereocenters. The van der Waals surface area contributed by atoms with E-state index < -0.39 is 17.3 Å². The monoisotopic (exact) mass is 272 g/mol. The highest BCUT2D eigenvalue weighted by molar-refractivity contribution is 6.21. The molecule has 4 heteroatoms. The number of hydrogen-bond acceptors (Lipinski definition) is 3. The summed E-state index contributed by atoms with van der Waals surface area (Å²) >= 11 is 6.22. The van der Waals surface area contributed by atoms with Gasteiger partial charge in [-0.05, 0) is 37.5 Å². The Balaban J connectivity index is 1.96. The average Bonchev–Trinajstić information content (AvgIpc) is 2.71. The number of alkyl halides is 1. The van der Waals surface area contributed by atoms with Crippen LogP contribution in [0.25, 0.3) is 0 Å². The van der Waals surface area contributed by atoms with Crippen molar-refractivity contribution in [3.05, 3.63) is 12.7 Å². The Kier molecular flexibility index (Phi) is 3.02. The molecule has 1 spiro atoms. The summed E-state index contributed by atoms with van der Waals surface area (Å²) in [7, 11) is 0. The van der Waals surface area contributed by atoms with Crippen LogP contribution in [-0.2, 0) is 4.74 Å². The molecule has 3 fully saturated rings. The van der Waals surface area contributed by atoms with E-state index in [2.05, 4.69) is 6.58 Å². The summed E-state index contributed by atoms with van der Waals surface area (Å²) in [5.41, 5.74) is -1.27. The molecule has 3 aliphatic rings. The van der Waals surface area contributed by atoms with Gasteiger partial charge in [-0.3, -0.25) is 0 Å². The predicted molar refractivity (Wildman–Crippen MR) is 69.5 cm³/mol. The second-order valence-corrected chi connectivity index (χ2v) is 6.70. The smallest absolute Gasteiger partial charge is 0.102 e. The second kappa shape index (κ2) is 4.20. The van der Waals surface area contributed by atoms with Gasteiger partial charge in [0.25, 0.3) is 0 Å². The number of rotatable bonds is 2. The topological polar surface area (TPSA) is 49.7 Å². The van der Waals surface area contributed by atoms with Crippen LogP contribution >= 0.6 is 11.6 Å². The lowest BCUT2D eigenvalue weighted by molar-refractivity contribution is -0.152. The van der Waals surface area contributed by atoms with Gasteiger partial charge in [-0.15, -0.1) is 18.2 Å². The molecular weight excluding hydrogens is 252 g/mol. The molecule has 0 radical (unpaired) electrons. The molecule has 2 N–H and O–H groups in total. The summed E-state index contributed by atoms with van der Waals surface area (Å²) in [6.07, 6.45) is 4.93. The van der Waals surface area contributed by atoms with E-state index in [-0.39, 0.29) is 11.3 Å². The first-order valence-electron chi connectivity index (χ1n) is 6.82. The van der Waals surface area contributed by atoms with Gasteiger partial charge in [0.05, 0.1) is 23.7 Å². The van der Waals surface area contributed by atoms with Crippen LogP contribution in [0.15, 0.2) is 12.7 Å². The summed E-state index contributed by atoms with van der Waals surface area (Å²) in [4.78, 5) is 0. The van der Waals surface area contributed by atoms with Gasteiger partial charge in [0, 0.05) is 6.42 Å². The van der Waals surface area contributed by atoms with E-state index in [4.69, 9.17) is 16.3 Å². The van der Waals surface area contributed by atoms with Gasteiger partial charge >= 0.3 is 0 Å². The van der Waals surface area contributed by atoms with Crippen LogP contribution in [0.3, 0.4) is 0 Å². The zero-order chi connectivity index (χ0) is 13.0. The average molecular weight is 273 g/mol. The third-order valence-corrected chi connectivity index (χ3v) is 5.76. The van der Waals surface area contributed by atoms with Crippen molar-refractivity contribution < 1.29 is 14.9 Å². The fourth-order valence-electron chi connectivity index (χ4n) is 4.51. The number of halogens is 1. The predicted octanol–water partition coefficient (Wildman–Crippen LogP) is 1.85. The van der Waals surface area contributed by atoms with E-state index in [1.807, 2.05) is 6.08 Å². The normalized spacial score (nSPS) is 55.1. The van der Waals surface area contributed by atoms with Crippen molar-refractivity contribution >= 4 is 11.6 Å². The van der Waals surface area contributed by atoms with Gasteiger partial charge in [-0.1, -0.05) is 6.08 Å². The summed E-state index contributed by atoms with van der Waals surface area (Å²) in [6, 6.07) is 0. The number of hydrogen-bond donors (Lipinski definition) is 2. The van der Waals surface area contributed by atoms with Crippen LogP contribution < -0.4 is 0 Å². The lowest BCUT2D eigenvalue weighted by atomic mass is 9.69. The van der Waals surface area contributed by atoms with Crippen molar-refractivity contribution in [2.45, 2.75) is 54.8 Å². The van der Waals surface area contributed by atoms with Crippen molar-refractivity contribution in [1.82, 2.24) is 0 Å². The number of aliphatic hydroxyl groups is 2. The maximum Gasteiger partial charge on any atom is 0.102 e. The van der Waals surface area contributed by atoms with Crippen molar-refractivity contribution in [1.29, 1.82) is 0 Å². The Labute approximate surface area is 113 Å². The van der Waals surface area contributed by atoms with E-state index in [0.717, 1.165) is 12.8 Å². The van der Waals surface area contributed by atoms with E-state index in [1.165, 1.54) is 0 Å². The highest BCUT2D eigenvalue weighted by Gasteiger charge is 2.68. The first kappa shape index (κ1) is 12.9. The Hall–Kier alpha value is -0.0900. The minimum atomic E-state index is -0.751. The fraction of sp³-hybridized carbons (Fsp3) is 0.857. The molecule has 3 rings (SSSR count). The molecular formula is C14H21ClO3. The molecule has 0 aromatic rings. The van der Waals surface area contributed by atoms with Gasteiger partial charge in [0.15, 0.2) is 0 Å². The number of aliphatic hydroxyl groups excluding tert-OH is 1. The van der Waals surface area contributed by atoms with E-state index in [0.29, 0.717) is 31.8 Å². The zero-order valence-corrected chi connectivity index (χ0v) is 11.3. The quantitative estimate of drug-likeness (QED) is 0.596. The Morgan fingerprint density at radius 3 is 2.94 bits per heavy atom. The number of ether oxygens (including phenoxy) is 1. The second-order valence-electron chi connectivity index (χ2n) is 6.14. The van der Waals surface area contributed by atoms with Crippen molar-refractivity contribution in [3.8, 4) is 0 Å². The van der Waals surface area contributed by atoms with Gasteiger partial charge < -0.3 is 14.9 Å². The highest BCUT2D eigenvalue weighted by Crippen LogP contribution is 2.61. The molecule has 3 nitrogen and oxygen atoms in total. The fourth-order valence-corrected chi connectivity index (χ4v) is 4.84. The van der Waals surface area contributed by atoms with Crippen molar-refractivity contribution in [2.24, 2.45) is 11.8 Å². The van der Waals surface area contributed by atoms with Crippen LogP contribution in [0, 0.1) is 11.8 Å². The maximum absolute atomic E-state index is 10.9. The molecule has 2 aliphatic carbocycles. The lowest BCUT2D eigenvalue weighted by Crippen LogP contribution is -2.57. The summed E-state index contributed by atoms with van der Waals surface area (Å²) in [5.74, 6) is 0.555. The Morgan fingerprint density at radius 2 is 2.22 bits per heavy atom. The van der Waals surface area contributed by atoms with E-state index in [1.54, 1.807) is 0 Å². The van der Waals surface area contributed by atoms with Crippen molar-refractivity contribution in [3.63, 3.8) is 0 Å². The molecule has 0 bridgehead atoms. The van der Waals surface area contributed by atoms with Crippen LogP contribution in [0.5, 0.6) is 0 Å². The third kappa shape index (κ3) is 1.54. The van der Waals surface area contributed by atoms with Crippen LogP contribution in [0.1, 0.15) is 32.1 Å². The highest BCUT2D eigenvalue weighted by atomic mass is 35.5. The van der Waals surface area contributed by atoms with Gasteiger partial charge in [-0.25, -0.2) is 0 Å². The number of allylic oxidation sites excluding steroid dienone is 1. The van der Waals surface area contributed by atoms with Gasteiger partial charge in [0.1, 0.15) is 5.60 Å². The molecule has 18 heavy (non-hydrogen) atoms. The van der Waals surface area contributed by atoms with Crippen LogP contribution in [0.2, 0.25) is 0 Å². The van der Waals surface area contributed by atoms with E-state index in [9.17, 15) is 10.2 Å². The first-order chi connectivity index (χ1) is 8.52. The summed E-state index contributed by atoms with van der Waals surface area (Å²) < 4.78 is 5.99. The van der Waals surface area contributed by atoms with Crippen LogP contribution in [-0.4, -0.2) is 39.5 Å². The largest absolute Gasteiger partial charge is 0.392 e. The molecule has 0 aromatic heterocycles. The van der Waals surface area contributed by atoms with Crippen molar-refractivity contribution in [2.75, 3.05) is 6.61 Å². The molecule has 1 heterocycles. The Morgan fingerprint density at radius 1 is 1.44 bits per heavy atom. The molecule has 0 unspecified atom stereocenters. The summed E-state index contributed by atoms with van der Waals surface area (Å²) in [6.45, 7) is 4.40. The summed E-state index contributed by atoms with van der Waals surface area (Å²) in [5, 5.41) is 20.6. The standard InChI is InChI=1S/C14H21ClO3/c1-2-3-9-7-13(17)4-5-18-14(13)8-11(15)12(16)6-10(9)14/h2,9-12,16-17H,1,3-8H2/t9-,10-,11-,12-,13-,14-/m1/s1. The SMILES string of the molecule is C=CC[C@@H]1C[C@]2(O)CCO[C@@]23C[C@@H](Cl)[C@H](O)C[C@H]13. The molecule has 0 amide bonds. The zero-order valence-electron chi connectivity index (χ0n) is 10.5. The first-order valence-corrected chi connectivity index (χ1v) is 7.25. The minimum absolute atomic E-state index is 0.202. The van der Waals surface area contributed by atoms with Gasteiger partial charge in [0.2, 0.25) is 0 Å². The van der Waals surface area contributed by atoms with E-state index >= 15 is 0 Å². The van der Waals surface area contributed by atoms with Gasteiger partial charge in [-0.2, -0.15) is 0 Å². The molecule has 1 aliphatic heterocycles. The molecule has 2 saturated carbocycles. The lowest BCUT2D eigenvalue weighted by Gasteiger charge is -2.46. The van der Waals surface area contributed by atoms with Crippen LogP contribution in [0.4, 0.5) is 0 Å².